The maximum Gasteiger partial charge on any atom is 0.406 e. The number of nitrogens with one attached hydrogen (secondary N) is 1. The normalized spacial score (nSPS) is 23.3. The predicted molar refractivity (Wildman–Crippen MR) is 44.3 cm³/mol. The first-order chi connectivity index (χ1) is 6.61. The van der Waals surface area contributed by atoms with E-state index >= 15 is 0 Å². The van der Waals surface area contributed by atoms with E-state index in [4.69, 9.17) is 5.11 Å². The molecule has 1 atom stereocenters. The maximum absolute atomic E-state index is 12.4. The number of carboxylic acids is 1. The molecule has 0 amide bonds. The largest absolute Gasteiger partial charge is 0.479 e. The van der Waals surface area contributed by atoms with Crippen LogP contribution in [0.1, 0.15) is 19.8 Å². The molecule has 0 bridgehead atoms. The molecule has 0 heterocycles. The molecule has 0 aromatic rings. The van der Waals surface area contributed by atoms with Gasteiger partial charge in [-0.2, -0.15) is 13.2 Å². The fraction of sp³-hybridized carbons (Fsp3) is 0.875. The van der Waals surface area contributed by atoms with Gasteiger partial charge in [0, 0.05) is 6.54 Å². The minimum Gasteiger partial charge on any atom is -0.479 e. The summed E-state index contributed by atoms with van der Waals surface area (Å²) in [6, 6.07) is 0. The number of hydrogen-bond donors (Lipinski definition) is 3. The third kappa shape index (κ3) is 2.40. The zero-order valence-electron chi connectivity index (χ0n) is 8.06. The zero-order valence-corrected chi connectivity index (χ0v) is 8.06. The summed E-state index contributed by atoms with van der Waals surface area (Å²) in [5, 5.41) is 19.8. The molecule has 0 spiro atoms. The molecule has 0 radical (unpaired) electrons. The van der Waals surface area contributed by atoms with E-state index in [1.54, 1.807) is 0 Å². The number of β-amino-alcohol motifs (C(OH)–C–C–N with tert-alkyl or cyclic N) is 1. The molecule has 1 aliphatic carbocycles. The Balaban J connectivity index is 2.55. The molecule has 1 saturated carbocycles. The number of alkyl halides is 3. The third-order valence-electron chi connectivity index (χ3n) is 2.52. The van der Waals surface area contributed by atoms with Gasteiger partial charge in [-0.15, -0.1) is 0 Å². The van der Waals surface area contributed by atoms with E-state index in [1.807, 2.05) is 0 Å². The van der Waals surface area contributed by atoms with Crippen LogP contribution in [0.4, 0.5) is 13.2 Å². The second-order valence-corrected chi connectivity index (χ2v) is 4.01. The summed E-state index contributed by atoms with van der Waals surface area (Å²) in [4.78, 5) is 10.4. The topological polar surface area (TPSA) is 69.6 Å². The van der Waals surface area contributed by atoms with Gasteiger partial charge >= 0.3 is 12.1 Å². The van der Waals surface area contributed by atoms with Gasteiger partial charge in [-0.25, -0.2) is 4.79 Å². The Hall–Kier alpha value is -0.820. The Morgan fingerprint density at radius 3 is 2.20 bits per heavy atom. The molecule has 1 fully saturated rings. The minimum atomic E-state index is -4.40. The first-order valence-corrected chi connectivity index (χ1v) is 4.38. The standard InChI is InChI=1S/C8H12F3NO3/c1-6(15,5(13)14)4-12-7(2-3-7)8(9,10)11/h12,15H,2-4H2,1H3,(H,13,14). The van der Waals surface area contributed by atoms with Gasteiger partial charge in [-0.3, -0.25) is 0 Å². The van der Waals surface area contributed by atoms with Crippen molar-refractivity contribution in [2.75, 3.05) is 6.54 Å². The van der Waals surface area contributed by atoms with Crippen molar-refractivity contribution >= 4 is 5.97 Å². The van der Waals surface area contributed by atoms with E-state index in [-0.39, 0.29) is 12.8 Å². The fourth-order valence-corrected chi connectivity index (χ4v) is 1.10. The summed E-state index contributed by atoms with van der Waals surface area (Å²) in [5.74, 6) is -1.55. The highest BCUT2D eigenvalue weighted by atomic mass is 19.4. The molecule has 88 valence electrons. The van der Waals surface area contributed by atoms with Crippen LogP contribution in [0.15, 0.2) is 0 Å². The first-order valence-electron chi connectivity index (χ1n) is 4.38. The number of aliphatic hydroxyl groups is 1. The smallest absolute Gasteiger partial charge is 0.406 e. The molecule has 0 aliphatic heterocycles. The van der Waals surface area contributed by atoms with Gasteiger partial charge in [0.2, 0.25) is 0 Å². The van der Waals surface area contributed by atoms with E-state index in [2.05, 4.69) is 5.32 Å². The second kappa shape index (κ2) is 3.34. The molecule has 0 aromatic carbocycles. The van der Waals surface area contributed by atoms with Crippen molar-refractivity contribution in [3.63, 3.8) is 0 Å². The Kier molecular flexibility index (Phi) is 2.73. The van der Waals surface area contributed by atoms with E-state index in [0.717, 1.165) is 6.92 Å². The summed E-state index contributed by atoms with van der Waals surface area (Å²) in [7, 11) is 0. The first kappa shape index (κ1) is 12.3. The van der Waals surface area contributed by atoms with Gasteiger partial charge in [-0.05, 0) is 19.8 Å². The van der Waals surface area contributed by atoms with Crippen LogP contribution < -0.4 is 5.32 Å². The Bertz CT molecular complexity index is 271. The van der Waals surface area contributed by atoms with E-state index in [1.165, 1.54) is 0 Å². The molecular formula is C8H12F3NO3. The van der Waals surface area contributed by atoms with Crippen molar-refractivity contribution in [3.8, 4) is 0 Å². The van der Waals surface area contributed by atoms with Crippen LogP contribution in [0.5, 0.6) is 0 Å². The highest BCUT2D eigenvalue weighted by Crippen LogP contribution is 2.48. The summed E-state index contributed by atoms with van der Waals surface area (Å²) in [6.45, 7) is 0.330. The quantitative estimate of drug-likeness (QED) is 0.654. The van der Waals surface area contributed by atoms with Gasteiger partial charge in [-0.1, -0.05) is 0 Å². The number of hydrogen-bond acceptors (Lipinski definition) is 3. The SMILES string of the molecule is CC(O)(CNC1(C(F)(F)F)CC1)C(=O)O. The van der Waals surface area contributed by atoms with Crippen molar-refractivity contribution in [1.82, 2.24) is 5.32 Å². The molecule has 15 heavy (non-hydrogen) atoms. The molecule has 1 rings (SSSR count). The van der Waals surface area contributed by atoms with Crippen LogP contribution in [-0.2, 0) is 4.79 Å². The van der Waals surface area contributed by atoms with Gasteiger partial charge < -0.3 is 15.5 Å². The Morgan fingerprint density at radius 2 is 1.93 bits per heavy atom. The van der Waals surface area contributed by atoms with Gasteiger partial charge in [0.1, 0.15) is 5.54 Å². The summed E-state index contributed by atoms with van der Waals surface area (Å²) in [6.07, 6.45) is -4.56. The lowest BCUT2D eigenvalue weighted by atomic mass is 10.1. The average molecular weight is 227 g/mol. The minimum absolute atomic E-state index is 0.0772. The fourth-order valence-electron chi connectivity index (χ4n) is 1.10. The lowest BCUT2D eigenvalue weighted by molar-refractivity contribution is -0.172. The molecule has 1 aliphatic rings. The highest BCUT2D eigenvalue weighted by molar-refractivity contribution is 5.76. The molecule has 0 aromatic heterocycles. The van der Waals surface area contributed by atoms with Crippen molar-refractivity contribution in [2.45, 2.75) is 37.1 Å². The van der Waals surface area contributed by atoms with E-state index < -0.39 is 29.8 Å². The third-order valence-corrected chi connectivity index (χ3v) is 2.52. The number of carboxylic acid groups (broad SMARTS) is 1. The van der Waals surface area contributed by atoms with Crippen molar-refractivity contribution in [3.05, 3.63) is 0 Å². The summed E-state index contributed by atoms with van der Waals surface area (Å²) < 4.78 is 37.1. The molecule has 0 saturated heterocycles. The molecule has 1 unspecified atom stereocenters. The zero-order chi connectivity index (χ0) is 11.9. The Labute approximate surface area is 84.1 Å². The molecule has 4 nitrogen and oxygen atoms in total. The van der Waals surface area contributed by atoms with Crippen molar-refractivity contribution in [2.24, 2.45) is 0 Å². The molecule has 7 heteroatoms. The molecular weight excluding hydrogens is 215 g/mol. The number of rotatable bonds is 4. The van der Waals surface area contributed by atoms with Crippen LogP contribution in [0.3, 0.4) is 0 Å². The van der Waals surface area contributed by atoms with Crippen LogP contribution in [0, 0.1) is 0 Å². The van der Waals surface area contributed by atoms with E-state index in [9.17, 15) is 23.1 Å². The van der Waals surface area contributed by atoms with Gasteiger partial charge in [0.25, 0.3) is 0 Å². The number of halogens is 3. The van der Waals surface area contributed by atoms with E-state index in [0.29, 0.717) is 0 Å². The van der Waals surface area contributed by atoms with Crippen LogP contribution in [0.2, 0.25) is 0 Å². The monoisotopic (exact) mass is 227 g/mol. The Morgan fingerprint density at radius 1 is 1.47 bits per heavy atom. The highest BCUT2D eigenvalue weighted by Gasteiger charge is 2.63. The summed E-state index contributed by atoms with van der Waals surface area (Å²) >= 11 is 0. The second-order valence-electron chi connectivity index (χ2n) is 4.01. The van der Waals surface area contributed by atoms with Gasteiger partial charge in [0.05, 0.1) is 0 Å². The van der Waals surface area contributed by atoms with Crippen molar-refractivity contribution in [1.29, 1.82) is 0 Å². The molecule has 3 N–H and O–H groups in total. The lowest BCUT2D eigenvalue weighted by Crippen LogP contribution is -2.53. The van der Waals surface area contributed by atoms with Gasteiger partial charge in [0.15, 0.2) is 5.60 Å². The number of carbonyl (C=O) groups is 1. The number of aliphatic carboxylic acids is 1. The van der Waals surface area contributed by atoms with Crippen LogP contribution in [0.25, 0.3) is 0 Å². The summed E-state index contributed by atoms with van der Waals surface area (Å²) in [5.41, 5.74) is -4.17. The average Bonchev–Trinajstić information content (AvgIpc) is 2.79. The van der Waals surface area contributed by atoms with Crippen molar-refractivity contribution < 1.29 is 28.2 Å². The van der Waals surface area contributed by atoms with Crippen LogP contribution >= 0.6 is 0 Å². The predicted octanol–water partition coefficient (Wildman–Crippen LogP) is 0.506. The van der Waals surface area contributed by atoms with Crippen LogP contribution in [-0.4, -0.2) is 40.0 Å². The maximum atomic E-state index is 12.4. The lowest BCUT2D eigenvalue weighted by Gasteiger charge is -2.25.